The van der Waals surface area contributed by atoms with Crippen molar-refractivity contribution in [3.8, 4) is 0 Å². The Morgan fingerprint density at radius 1 is 1.23 bits per heavy atom. The summed E-state index contributed by atoms with van der Waals surface area (Å²) in [5, 5.41) is 0. The van der Waals surface area contributed by atoms with Gasteiger partial charge in [0.25, 0.3) is 0 Å². The predicted molar refractivity (Wildman–Crippen MR) is 80.5 cm³/mol. The average Bonchev–Trinajstić information content (AvgIpc) is 2.86. The van der Waals surface area contributed by atoms with Crippen molar-refractivity contribution in [3.05, 3.63) is 71.6 Å². The summed E-state index contributed by atoms with van der Waals surface area (Å²) in [5.74, 6) is 0.329. The van der Waals surface area contributed by atoms with Crippen LogP contribution in [0.25, 0.3) is 5.76 Å². The number of benzene rings is 1. The van der Waals surface area contributed by atoms with E-state index in [1.165, 1.54) is 19.6 Å². The molecule has 5 nitrogen and oxygen atoms in total. The molecule has 1 aromatic rings. The summed E-state index contributed by atoms with van der Waals surface area (Å²) in [6.45, 7) is 0.371. The van der Waals surface area contributed by atoms with Crippen LogP contribution in [0.15, 0.2) is 60.4 Å². The number of rotatable bonds is 6. The third kappa shape index (κ3) is 3.81. The molecule has 1 heterocycles. The molecular formula is C17H16O5. The highest BCUT2D eigenvalue weighted by Gasteiger charge is 2.25. The fraction of sp³-hybridized carbons (Fsp3) is 0.176. The van der Waals surface area contributed by atoms with Gasteiger partial charge in [0, 0.05) is 11.6 Å². The number of hydrogen-bond donors (Lipinski definition) is 0. The quantitative estimate of drug-likeness (QED) is 0.266. The van der Waals surface area contributed by atoms with E-state index in [4.69, 9.17) is 18.9 Å². The van der Waals surface area contributed by atoms with Crippen molar-refractivity contribution in [2.45, 2.75) is 0 Å². The number of carbonyl (C=O) groups is 1. The lowest BCUT2D eigenvalue weighted by molar-refractivity contribution is 0.0716. The van der Waals surface area contributed by atoms with Crippen molar-refractivity contribution in [2.75, 3.05) is 20.8 Å². The van der Waals surface area contributed by atoms with Gasteiger partial charge in [-0.15, -0.1) is 0 Å². The van der Waals surface area contributed by atoms with Crippen molar-refractivity contribution in [3.63, 3.8) is 0 Å². The monoisotopic (exact) mass is 300 g/mol. The zero-order chi connectivity index (χ0) is 15.8. The van der Waals surface area contributed by atoms with Crippen molar-refractivity contribution < 1.29 is 23.7 Å². The Labute approximate surface area is 128 Å². The topological polar surface area (TPSA) is 54.0 Å². The van der Waals surface area contributed by atoms with E-state index < -0.39 is 5.97 Å². The fourth-order valence-electron chi connectivity index (χ4n) is 1.78. The van der Waals surface area contributed by atoms with E-state index in [2.05, 4.69) is 5.73 Å². The summed E-state index contributed by atoms with van der Waals surface area (Å²) >= 11 is 0. The van der Waals surface area contributed by atoms with Gasteiger partial charge in [0.2, 0.25) is 0 Å². The first-order valence-corrected chi connectivity index (χ1v) is 6.58. The minimum Gasteiger partial charge on any atom is -0.505 e. The molecule has 0 aromatic heterocycles. The first kappa shape index (κ1) is 15.5. The molecule has 0 radical (unpaired) electrons. The maximum Gasteiger partial charge on any atom is 0.344 e. The highest BCUT2D eigenvalue weighted by atomic mass is 16.5. The second-order valence-corrected chi connectivity index (χ2v) is 4.20. The van der Waals surface area contributed by atoms with Gasteiger partial charge in [0.05, 0.1) is 32.3 Å². The van der Waals surface area contributed by atoms with Crippen LogP contribution in [0, 0.1) is 0 Å². The summed E-state index contributed by atoms with van der Waals surface area (Å²) in [6.07, 6.45) is 6.29. The number of carbonyl (C=O) groups excluding carboxylic acids is 1. The van der Waals surface area contributed by atoms with E-state index in [1.54, 1.807) is 37.5 Å². The van der Waals surface area contributed by atoms with E-state index in [0.717, 1.165) is 0 Å². The van der Waals surface area contributed by atoms with Gasteiger partial charge >= 0.3 is 5.97 Å². The first-order valence-electron chi connectivity index (χ1n) is 6.58. The molecule has 1 aromatic carbocycles. The van der Waals surface area contributed by atoms with E-state index >= 15 is 0 Å². The van der Waals surface area contributed by atoms with Crippen molar-refractivity contribution in [1.82, 2.24) is 0 Å². The summed E-state index contributed by atoms with van der Waals surface area (Å²) in [5.41, 5.74) is 4.13. The lowest BCUT2D eigenvalue weighted by Gasteiger charge is -1.99. The number of allylic oxidation sites excluding steroid dienone is 1. The highest BCUT2D eigenvalue weighted by Crippen LogP contribution is 2.28. The summed E-state index contributed by atoms with van der Waals surface area (Å²) < 4.78 is 20.3. The maximum absolute atomic E-state index is 11.7. The normalized spacial score (nSPS) is 13.0. The SMILES string of the molecule is COC=CCOC=CC(=C=C1OC(=O)c2ccccc21)OC. The third-order valence-corrected chi connectivity index (χ3v) is 2.78. The molecular weight excluding hydrogens is 284 g/mol. The van der Waals surface area contributed by atoms with Crippen molar-refractivity contribution >= 4 is 11.7 Å². The van der Waals surface area contributed by atoms with Gasteiger partial charge in [0.1, 0.15) is 6.61 Å². The molecule has 0 atom stereocenters. The Hall–Kier alpha value is -2.91. The van der Waals surface area contributed by atoms with Crippen molar-refractivity contribution in [1.29, 1.82) is 0 Å². The molecule has 1 aliphatic rings. The Morgan fingerprint density at radius 2 is 2.00 bits per heavy atom. The molecule has 5 heteroatoms. The number of ether oxygens (including phenoxy) is 4. The first-order chi connectivity index (χ1) is 10.8. The van der Waals surface area contributed by atoms with E-state index in [-0.39, 0.29) is 0 Å². The van der Waals surface area contributed by atoms with Crippen LogP contribution < -0.4 is 0 Å². The smallest absolute Gasteiger partial charge is 0.344 e. The average molecular weight is 300 g/mol. The number of esters is 1. The van der Waals surface area contributed by atoms with E-state index in [0.29, 0.717) is 29.3 Å². The Morgan fingerprint density at radius 3 is 2.73 bits per heavy atom. The van der Waals surface area contributed by atoms with Gasteiger partial charge in [-0.3, -0.25) is 0 Å². The summed E-state index contributed by atoms with van der Waals surface area (Å²) in [4.78, 5) is 11.7. The molecule has 0 fully saturated rings. The Bertz CT molecular complexity index is 663. The molecule has 0 N–H and O–H groups in total. The van der Waals surface area contributed by atoms with Crippen LogP contribution in [0.5, 0.6) is 0 Å². The maximum atomic E-state index is 11.7. The van der Waals surface area contributed by atoms with Crippen LogP contribution in [-0.4, -0.2) is 26.8 Å². The third-order valence-electron chi connectivity index (χ3n) is 2.78. The van der Waals surface area contributed by atoms with Crippen LogP contribution in [-0.2, 0) is 18.9 Å². The van der Waals surface area contributed by atoms with Gasteiger partial charge in [-0.05, 0) is 23.9 Å². The molecule has 0 amide bonds. The molecule has 22 heavy (non-hydrogen) atoms. The van der Waals surface area contributed by atoms with Gasteiger partial charge in [-0.1, -0.05) is 12.1 Å². The van der Waals surface area contributed by atoms with Gasteiger partial charge in [-0.25, -0.2) is 4.79 Å². The van der Waals surface area contributed by atoms with Crippen LogP contribution in [0.4, 0.5) is 0 Å². The second kappa shape index (κ2) is 7.76. The number of methoxy groups -OCH3 is 2. The molecule has 1 aliphatic heterocycles. The lowest BCUT2D eigenvalue weighted by atomic mass is 10.1. The summed E-state index contributed by atoms with van der Waals surface area (Å²) in [6, 6.07) is 7.12. The van der Waals surface area contributed by atoms with Crippen LogP contribution >= 0.6 is 0 Å². The largest absolute Gasteiger partial charge is 0.505 e. The molecule has 0 spiro atoms. The minimum absolute atomic E-state index is 0.335. The molecule has 0 saturated heterocycles. The predicted octanol–water partition coefficient (Wildman–Crippen LogP) is 3.02. The molecule has 114 valence electrons. The van der Waals surface area contributed by atoms with Crippen LogP contribution in [0.1, 0.15) is 15.9 Å². The zero-order valence-electron chi connectivity index (χ0n) is 12.4. The van der Waals surface area contributed by atoms with E-state index in [9.17, 15) is 4.79 Å². The summed E-state index contributed by atoms with van der Waals surface area (Å²) in [7, 11) is 3.06. The molecule has 0 unspecified atom stereocenters. The number of cyclic esters (lactones) is 1. The molecule has 0 aliphatic carbocycles. The minimum atomic E-state index is -0.390. The molecule has 0 saturated carbocycles. The second-order valence-electron chi connectivity index (χ2n) is 4.20. The lowest BCUT2D eigenvalue weighted by Crippen LogP contribution is -1.92. The highest BCUT2D eigenvalue weighted by molar-refractivity contribution is 6.02. The van der Waals surface area contributed by atoms with Crippen LogP contribution in [0.2, 0.25) is 0 Å². The van der Waals surface area contributed by atoms with Gasteiger partial charge in [0.15, 0.2) is 11.5 Å². The standard InChI is InChI=1S/C17H16O5/c1-19-9-5-10-21-11-8-13(20-2)12-16-14-6-3-4-7-15(14)17(18)22-16/h3-9,11H,10H2,1-2H3. The van der Waals surface area contributed by atoms with E-state index in [1.807, 2.05) is 6.07 Å². The van der Waals surface area contributed by atoms with Gasteiger partial charge < -0.3 is 18.9 Å². The number of hydrogen-bond acceptors (Lipinski definition) is 5. The Balaban J connectivity index is 2.16. The van der Waals surface area contributed by atoms with Crippen molar-refractivity contribution in [2.24, 2.45) is 0 Å². The fourth-order valence-corrected chi connectivity index (χ4v) is 1.78. The molecule has 2 rings (SSSR count). The van der Waals surface area contributed by atoms with Gasteiger partial charge in [-0.2, -0.15) is 0 Å². The Kier molecular flexibility index (Phi) is 5.46. The van der Waals surface area contributed by atoms with Crippen LogP contribution in [0.3, 0.4) is 0 Å². The zero-order valence-corrected chi connectivity index (χ0v) is 12.4. The number of fused-ring (bicyclic) bond motifs is 1. The molecule has 0 bridgehead atoms.